The van der Waals surface area contributed by atoms with Gasteiger partial charge in [-0.15, -0.1) is 10.2 Å². The van der Waals surface area contributed by atoms with Crippen molar-refractivity contribution < 1.29 is 18.0 Å². The third-order valence-corrected chi connectivity index (χ3v) is 5.04. The van der Waals surface area contributed by atoms with Crippen molar-refractivity contribution in [2.45, 2.75) is 37.8 Å². The molecule has 0 aliphatic carbocycles. The lowest BCUT2D eigenvalue weighted by Crippen LogP contribution is -2.39. The second kappa shape index (κ2) is 6.79. The molecule has 3 aromatic heterocycles. The average molecular weight is 377 g/mol. The van der Waals surface area contributed by atoms with Gasteiger partial charge in [0.15, 0.2) is 11.3 Å². The number of amides is 1. The zero-order chi connectivity index (χ0) is 19.0. The molecule has 4 rings (SSSR count). The number of fused-ring (bicyclic) bond motifs is 3. The number of carbonyl (C=O) groups is 1. The number of aromatic amines is 1. The fourth-order valence-electron chi connectivity index (χ4n) is 3.77. The van der Waals surface area contributed by atoms with E-state index in [1.807, 2.05) is 12.1 Å². The van der Waals surface area contributed by atoms with Gasteiger partial charge in [-0.1, -0.05) is 0 Å². The van der Waals surface area contributed by atoms with E-state index in [2.05, 4.69) is 20.2 Å². The van der Waals surface area contributed by atoms with E-state index in [9.17, 15) is 18.0 Å². The Hall–Kier alpha value is -2.71. The molecule has 27 heavy (non-hydrogen) atoms. The van der Waals surface area contributed by atoms with Crippen molar-refractivity contribution >= 4 is 28.0 Å². The van der Waals surface area contributed by atoms with E-state index in [0.717, 1.165) is 29.2 Å². The van der Waals surface area contributed by atoms with Crippen molar-refractivity contribution in [2.24, 2.45) is 0 Å². The van der Waals surface area contributed by atoms with Crippen molar-refractivity contribution in [3.8, 4) is 0 Å². The number of pyridine rings is 1. The summed E-state index contributed by atoms with van der Waals surface area (Å²) in [6.45, 7) is 0.908. The van der Waals surface area contributed by atoms with Gasteiger partial charge >= 0.3 is 6.18 Å². The van der Waals surface area contributed by atoms with Crippen LogP contribution in [0.2, 0.25) is 0 Å². The minimum absolute atomic E-state index is 0.0352. The number of carbonyl (C=O) groups excluding carboxylic acids is 1. The van der Waals surface area contributed by atoms with E-state index in [1.54, 1.807) is 17.3 Å². The van der Waals surface area contributed by atoms with Gasteiger partial charge in [0.2, 0.25) is 5.91 Å². The van der Waals surface area contributed by atoms with Gasteiger partial charge in [0.05, 0.1) is 6.42 Å². The topological polar surface area (TPSA) is 74.8 Å². The van der Waals surface area contributed by atoms with E-state index in [1.165, 1.54) is 0 Å². The molecule has 0 spiro atoms. The summed E-state index contributed by atoms with van der Waals surface area (Å²) < 4.78 is 37.3. The Balaban J connectivity index is 1.62. The third kappa shape index (κ3) is 3.58. The fraction of sp³-hybridized carbons (Fsp3) is 0.444. The summed E-state index contributed by atoms with van der Waals surface area (Å²) in [5.74, 6) is -0.406. The number of nitrogens with one attached hydrogen (secondary N) is 1. The first-order valence-electron chi connectivity index (χ1n) is 8.85. The number of alkyl halides is 3. The summed E-state index contributed by atoms with van der Waals surface area (Å²) >= 11 is 0. The smallest absolute Gasteiger partial charge is 0.345 e. The molecular formula is C18H18F3N5O. The molecule has 3 aromatic rings. The maximum absolute atomic E-state index is 12.4. The van der Waals surface area contributed by atoms with Gasteiger partial charge < -0.3 is 9.88 Å². The maximum atomic E-state index is 12.4. The van der Waals surface area contributed by atoms with Crippen LogP contribution in [0.1, 0.15) is 37.2 Å². The highest BCUT2D eigenvalue weighted by Gasteiger charge is 2.31. The lowest BCUT2D eigenvalue weighted by atomic mass is 9.88. The minimum Gasteiger partial charge on any atom is -0.345 e. The quantitative estimate of drug-likeness (QED) is 0.757. The van der Waals surface area contributed by atoms with Gasteiger partial charge in [0, 0.05) is 48.6 Å². The van der Waals surface area contributed by atoms with Crippen LogP contribution in [0.15, 0.2) is 24.5 Å². The number of nitrogens with zero attached hydrogens (tertiary/aromatic N) is 4. The molecule has 142 valence electrons. The van der Waals surface area contributed by atoms with Crippen LogP contribution in [0, 0.1) is 0 Å². The predicted molar refractivity (Wildman–Crippen MR) is 93.0 cm³/mol. The van der Waals surface area contributed by atoms with Gasteiger partial charge in [-0.3, -0.25) is 4.79 Å². The lowest BCUT2D eigenvalue weighted by Gasteiger charge is -2.33. The molecule has 6 nitrogen and oxygen atoms in total. The summed E-state index contributed by atoms with van der Waals surface area (Å²) in [5.41, 5.74) is 2.20. The lowest BCUT2D eigenvalue weighted by molar-refractivity contribution is -0.149. The molecule has 1 aliphatic heterocycles. The normalized spacial score (nSPS) is 18.3. The number of rotatable bonds is 3. The predicted octanol–water partition coefficient (Wildman–Crippen LogP) is 3.55. The Morgan fingerprint density at radius 1 is 1.30 bits per heavy atom. The van der Waals surface area contributed by atoms with Crippen molar-refractivity contribution in [2.75, 3.05) is 13.1 Å². The number of hydrogen-bond donors (Lipinski definition) is 1. The Bertz CT molecular complexity index is 984. The number of halogens is 3. The van der Waals surface area contributed by atoms with Crippen molar-refractivity contribution in [1.29, 1.82) is 0 Å². The van der Waals surface area contributed by atoms with Gasteiger partial charge in [-0.25, -0.2) is 4.98 Å². The molecule has 1 N–H and O–H groups in total. The SMILES string of the molecule is O=C(CCC(F)(F)F)N1CCCC(c2cc[nH]c3nnc4nccc4c23)C1. The van der Waals surface area contributed by atoms with Crippen LogP contribution in [-0.4, -0.2) is 50.2 Å². The Morgan fingerprint density at radius 2 is 2.15 bits per heavy atom. The van der Waals surface area contributed by atoms with Crippen molar-refractivity contribution in [3.05, 3.63) is 30.1 Å². The summed E-state index contributed by atoms with van der Waals surface area (Å²) in [6.07, 6.45) is -0.828. The minimum atomic E-state index is -4.31. The van der Waals surface area contributed by atoms with E-state index in [-0.39, 0.29) is 5.92 Å². The van der Waals surface area contributed by atoms with Crippen LogP contribution >= 0.6 is 0 Å². The molecule has 4 heterocycles. The molecule has 1 amide bonds. The van der Waals surface area contributed by atoms with Crippen LogP contribution in [0.5, 0.6) is 0 Å². The van der Waals surface area contributed by atoms with Crippen LogP contribution in [0.25, 0.3) is 22.1 Å². The second-order valence-corrected chi connectivity index (χ2v) is 6.83. The second-order valence-electron chi connectivity index (χ2n) is 6.83. The van der Waals surface area contributed by atoms with Gasteiger partial charge in [0.25, 0.3) is 0 Å². The molecule has 0 radical (unpaired) electrons. The number of H-pyrrole nitrogens is 1. The van der Waals surface area contributed by atoms with Crippen LogP contribution in [-0.2, 0) is 4.79 Å². The average Bonchev–Trinajstić information content (AvgIpc) is 3.14. The molecule has 9 heteroatoms. The van der Waals surface area contributed by atoms with Crippen LogP contribution < -0.4 is 0 Å². The molecular weight excluding hydrogens is 359 g/mol. The molecule has 0 aromatic carbocycles. The van der Waals surface area contributed by atoms with Gasteiger partial charge in [-0.05, 0) is 30.5 Å². The van der Waals surface area contributed by atoms with Gasteiger partial charge in [-0.2, -0.15) is 13.2 Å². The molecule has 0 bridgehead atoms. The van der Waals surface area contributed by atoms with E-state index in [0.29, 0.717) is 24.4 Å². The summed E-state index contributed by atoms with van der Waals surface area (Å²) in [6, 6.07) is 3.82. The van der Waals surface area contributed by atoms with Crippen LogP contribution in [0.4, 0.5) is 13.2 Å². The molecule has 1 atom stereocenters. The summed E-state index contributed by atoms with van der Waals surface area (Å²) in [5, 5.41) is 10.1. The Morgan fingerprint density at radius 3 is 2.96 bits per heavy atom. The van der Waals surface area contributed by atoms with Crippen molar-refractivity contribution in [3.63, 3.8) is 0 Å². The Labute approximate surface area is 152 Å². The summed E-state index contributed by atoms with van der Waals surface area (Å²) in [4.78, 5) is 21.1. The maximum Gasteiger partial charge on any atom is 0.389 e. The number of piperidine rings is 1. The number of aromatic nitrogens is 4. The third-order valence-electron chi connectivity index (χ3n) is 5.04. The molecule has 1 aliphatic rings. The molecule has 0 saturated carbocycles. The first kappa shape index (κ1) is 17.7. The monoisotopic (exact) mass is 377 g/mol. The first-order valence-corrected chi connectivity index (χ1v) is 8.85. The number of hydrogen-bond acceptors (Lipinski definition) is 4. The van der Waals surface area contributed by atoms with E-state index < -0.39 is 24.9 Å². The van der Waals surface area contributed by atoms with Crippen molar-refractivity contribution in [1.82, 2.24) is 25.1 Å². The highest BCUT2D eigenvalue weighted by molar-refractivity contribution is 6.03. The highest BCUT2D eigenvalue weighted by Crippen LogP contribution is 2.34. The zero-order valence-electron chi connectivity index (χ0n) is 14.5. The number of likely N-dealkylation sites (tertiary alicyclic amines) is 1. The zero-order valence-corrected chi connectivity index (χ0v) is 14.5. The van der Waals surface area contributed by atoms with E-state index >= 15 is 0 Å². The van der Waals surface area contributed by atoms with E-state index in [4.69, 9.17) is 0 Å². The molecule has 1 unspecified atom stereocenters. The standard InChI is InChI=1S/C18H18F3N5O/c19-18(20,21)6-3-14(27)26-9-1-2-11(10-26)12-4-7-23-17-15(12)13-5-8-22-16(13)24-25-17/h4-5,7-8,11H,1-3,6,9-10H2,(H,23,25). The molecule has 1 fully saturated rings. The van der Waals surface area contributed by atoms with Gasteiger partial charge in [0.1, 0.15) is 0 Å². The summed E-state index contributed by atoms with van der Waals surface area (Å²) in [7, 11) is 0. The first-order chi connectivity index (χ1) is 12.9. The molecule has 1 saturated heterocycles. The Kier molecular flexibility index (Phi) is 4.45. The largest absolute Gasteiger partial charge is 0.389 e. The fourth-order valence-corrected chi connectivity index (χ4v) is 3.77. The highest BCUT2D eigenvalue weighted by atomic mass is 19.4. The van der Waals surface area contributed by atoms with Crippen LogP contribution in [0.3, 0.4) is 0 Å².